The number of benzene rings is 1. The minimum atomic E-state index is -0.133. The quantitative estimate of drug-likeness (QED) is 0.827. The first-order valence-corrected chi connectivity index (χ1v) is 6.62. The van der Waals surface area contributed by atoms with Gasteiger partial charge in [0.05, 0.1) is 16.8 Å². The van der Waals surface area contributed by atoms with E-state index < -0.39 is 0 Å². The average Bonchev–Trinajstić information content (AvgIpc) is 2.85. The highest BCUT2D eigenvalue weighted by Gasteiger charge is 2.09. The smallest absolute Gasteiger partial charge is 0.253 e. The molecule has 0 radical (unpaired) electrons. The second-order valence-electron chi connectivity index (χ2n) is 4.08. The SMILES string of the molecule is Cc1ccc(N)c(C(=O)NCCc2cscn2)c1. The third kappa shape index (κ3) is 3.07. The van der Waals surface area contributed by atoms with Crippen LogP contribution in [0.15, 0.2) is 29.1 Å². The largest absolute Gasteiger partial charge is 0.398 e. The van der Waals surface area contributed by atoms with Gasteiger partial charge in [-0.3, -0.25) is 4.79 Å². The number of nitrogens with one attached hydrogen (secondary N) is 1. The van der Waals surface area contributed by atoms with Gasteiger partial charge in [-0.25, -0.2) is 4.98 Å². The molecule has 4 nitrogen and oxygen atoms in total. The van der Waals surface area contributed by atoms with Gasteiger partial charge in [0.2, 0.25) is 0 Å². The molecule has 18 heavy (non-hydrogen) atoms. The van der Waals surface area contributed by atoms with Crippen molar-refractivity contribution >= 4 is 22.9 Å². The fourth-order valence-corrected chi connectivity index (χ4v) is 2.22. The number of nitrogens with zero attached hydrogens (tertiary/aromatic N) is 1. The van der Waals surface area contributed by atoms with Gasteiger partial charge in [-0.15, -0.1) is 11.3 Å². The van der Waals surface area contributed by atoms with Crippen LogP contribution in [0.1, 0.15) is 21.6 Å². The van der Waals surface area contributed by atoms with Gasteiger partial charge in [-0.2, -0.15) is 0 Å². The van der Waals surface area contributed by atoms with E-state index in [2.05, 4.69) is 10.3 Å². The number of aromatic nitrogens is 1. The maximum absolute atomic E-state index is 11.9. The maximum atomic E-state index is 11.9. The van der Waals surface area contributed by atoms with Crippen molar-refractivity contribution in [3.8, 4) is 0 Å². The van der Waals surface area contributed by atoms with Crippen molar-refractivity contribution in [2.24, 2.45) is 0 Å². The predicted octanol–water partition coefficient (Wildman–Crippen LogP) is 2.01. The van der Waals surface area contributed by atoms with Crippen LogP contribution in [0.5, 0.6) is 0 Å². The minimum absolute atomic E-state index is 0.133. The molecule has 0 atom stereocenters. The molecule has 0 unspecified atom stereocenters. The predicted molar refractivity (Wildman–Crippen MR) is 73.7 cm³/mol. The molecule has 0 aliphatic carbocycles. The van der Waals surface area contributed by atoms with Crippen LogP contribution >= 0.6 is 11.3 Å². The first-order chi connectivity index (χ1) is 8.66. The van der Waals surface area contributed by atoms with Gasteiger partial charge in [0.1, 0.15) is 0 Å². The van der Waals surface area contributed by atoms with E-state index in [-0.39, 0.29) is 5.91 Å². The number of hydrogen-bond donors (Lipinski definition) is 2. The summed E-state index contributed by atoms with van der Waals surface area (Å²) in [4.78, 5) is 16.1. The number of rotatable bonds is 4. The van der Waals surface area contributed by atoms with Crippen LogP contribution in [0.25, 0.3) is 0 Å². The standard InChI is InChI=1S/C13H15N3OS/c1-9-2-3-12(14)11(6-9)13(17)15-5-4-10-7-18-8-16-10/h2-3,6-8H,4-5,14H2,1H3,(H,15,17). The van der Waals surface area contributed by atoms with Crippen LogP contribution in [0.2, 0.25) is 0 Å². The summed E-state index contributed by atoms with van der Waals surface area (Å²) in [6.07, 6.45) is 0.737. The number of amides is 1. The van der Waals surface area contributed by atoms with Crippen LogP contribution in [0, 0.1) is 6.92 Å². The summed E-state index contributed by atoms with van der Waals surface area (Å²) < 4.78 is 0. The Morgan fingerprint density at radius 2 is 2.33 bits per heavy atom. The van der Waals surface area contributed by atoms with Crippen molar-refractivity contribution in [3.05, 3.63) is 45.9 Å². The Balaban J connectivity index is 1.93. The fourth-order valence-electron chi connectivity index (χ4n) is 1.63. The van der Waals surface area contributed by atoms with Crippen LogP contribution < -0.4 is 11.1 Å². The summed E-state index contributed by atoms with van der Waals surface area (Å²) in [5.41, 5.74) is 10.6. The van der Waals surface area contributed by atoms with Crippen molar-refractivity contribution in [2.75, 3.05) is 12.3 Å². The van der Waals surface area contributed by atoms with E-state index in [0.717, 1.165) is 17.7 Å². The van der Waals surface area contributed by atoms with Crippen molar-refractivity contribution in [2.45, 2.75) is 13.3 Å². The molecule has 1 heterocycles. The highest BCUT2D eigenvalue weighted by molar-refractivity contribution is 7.07. The van der Waals surface area contributed by atoms with Gasteiger partial charge in [-0.1, -0.05) is 11.6 Å². The molecule has 2 aromatic rings. The van der Waals surface area contributed by atoms with Crippen molar-refractivity contribution in [1.82, 2.24) is 10.3 Å². The molecule has 0 bridgehead atoms. The van der Waals surface area contributed by atoms with E-state index >= 15 is 0 Å². The van der Waals surface area contributed by atoms with Crippen LogP contribution in [-0.4, -0.2) is 17.4 Å². The number of aryl methyl sites for hydroxylation is 1. The number of nitrogens with two attached hydrogens (primary N) is 1. The summed E-state index contributed by atoms with van der Waals surface area (Å²) in [5, 5.41) is 4.83. The summed E-state index contributed by atoms with van der Waals surface area (Å²) in [6.45, 7) is 2.50. The molecule has 3 N–H and O–H groups in total. The van der Waals surface area contributed by atoms with E-state index in [1.807, 2.05) is 18.4 Å². The lowest BCUT2D eigenvalue weighted by molar-refractivity contribution is 0.0955. The molecular formula is C13H15N3OS. The Hall–Kier alpha value is -1.88. The van der Waals surface area contributed by atoms with Crippen molar-refractivity contribution in [1.29, 1.82) is 0 Å². The zero-order chi connectivity index (χ0) is 13.0. The Labute approximate surface area is 110 Å². The molecule has 1 aromatic heterocycles. The summed E-state index contributed by atoms with van der Waals surface area (Å²) in [7, 11) is 0. The Bertz CT molecular complexity index is 537. The zero-order valence-corrected chi connectivity index (χ0v) is 11.0. The third-order valence-corrected chi connectivity index (χ3v) is 3.24. The van der Waals surface area contributed by atoms with Crippen LogP contribution in [0.4, 0.5) is 5.69 Å². The Kier molecular flexibility index (Phi) is 3.94. The number of anilines is 1. The van der Waals surface area contributed by atoms with Gasteiger partial charge in [0.25, 0.3) is 5.91 Å². The van der Waals surface area contributed by atoms with Crippen molar-refractivity contribution in [3.63, 3.8) is 0 Å². The monoisotopic (exact) mass is 261 g/mol. The normalized spacial score (nSPS) is 10.3. The molecule has 94 valence electrons. The molecule has 5 heteroatoms. The van der Waals surface area contributed by atoms with E-state index in [9.17, 15) is 4.79 Å². The lowest BCUT2D eigenvalue weighted by Gasteiger charge is -2.07. The Morgan fingerprint density at radius 1 is 1.50 bits per heavy atom. The fraction of sp³-hybridized carbons (Fsp3) is 0.231. The summed E-state index contributed by atoms with van der Waals surface area (Å²) in [6, 6.07) is 5.44. The number of hydrogen-bond acceptors (Lipinski definition) is 4. The van der Waals surface area contributed by atoms with Crippen molar-refractivity contribution < 1.29 is 4.79 Å². The number of thiazole rings is 1. The lowest BCUT2D eigenvalue weighted by Crippen LogP contribution is -2.26. The number of nitrogen functional groups attached to an aromatic ring is 1. The summed E-state index contributed by atoms with van der Waals surface area (Å²) in [5.74, 6) is -0.133. The van der Waals surface area contributed by atoms with Gasteiger partial charge in [0, 0.05) is 24.0 Å². The maximum Gasteiger partial charge on any atom is 0.253 e. The molecule has 0 saturated heterocycles. The van der Waals surface area contributed by atoms with E-state index in [4.69, 9.17) is 5.73 Å². The van der Waals surface area contributed by atoms with Gasteiger partial charge in [-0.05, 0) is 19.1 Å². The molecule has 0 spiro atoms. The second kappa shape index (κ2) is 5.64. The molecule has 0 aliphatic heterocycles. The molecule has 1 amide bonds. The number of carbonyl (C=O) groups is 1. The lowest BCUT2D eigenvalue weighted by atomic mass is 10.1. The first-order valence-electron chi connectivity index (χ1n) is 5.68. The van der Waals surface area contributed by atoms with E-state index in [1.54, 1.807) is 29.0 Å². The second-order valence-corrected chi connectivity index (χ2v) is 4.80. The van der Waals surface area contributed by atoms with Gasteiger partial charge >= 0.3 is 0 Å². The van der Waals surface area contributed by atoms with E-state index in [1.165, 1.54) is 0 Å². The summed E-state index contributed by atoms with van der Waals surface area (Å²) >= 11 is 1.56. The molecule has 2 rings (SSSR count). The minimum Gasteiger partial charge on any atom is -0.398 e. The zero-order valence-electron chi connectivity index (χ0n) is 10.1. The Morgan fingerprint density at radius 3 is 3.06 bits per heavy atom. The first kappa shape index (κ1) is 12.6. The molecule has 1 aromatic carbocycles. The third-order valence-electron chi connectivity index (χ3n) is 2.60. The highest BCUT2D eigenvalue weighted by atomic mass is 32.1. The van der Waals surface area contributed by atoms with Crippen LogP contribution in [0.3, 0.4) is 0 Å². The van der Waals surface area contributed by atoms with Crippen LogP contribution in [-0.2, 0) is 6.42 Å². The average molecular weight is 261 g/mol. The van der Waals surface area contributed by atoms with Gasteiger partial charge in [0.15, 0.2) is 0 Å². The molecule has 0 aliphatic rings. The number of carbonyl (C=O) groups excluding carboxylic acids is 1. The molecular weight excluding hydrogens is 246 g/mol. The highest BCUT2D eigenvalue weighted by Crippen LogP contribution is 2.13. The van der Waals surface area contributed by atoms with Gasteiger partial charge < -0.3 is 11.1 Å². The molecule has 0 fully saturated rings. The molecule has 0 saturated carbocycles. The topological polar surface area (TPSA) is 68.0 Å². The van der Waals surface area contributed by atoms with E-state index in [0.29, 0.717) is 17.8 Å².